The number of aromatic nitrogens is 4. The van der Waals surface area contributed by atoms with Crippen molar-refractivity contribution < 1.29 is 18.4 Å². The van der Waals surface area contributed by atoms with Gasteiger partial charge >= 0.3 is 0 Å². The highest BCUT2D eigenvalue weighted by Crippen LogP contribution is 2.32. The smallest absolute Gasteiger partial charge is 0.266 e. The summed E-state index contributed by atoms with van der Waals surface area (Å²) in [5.41, 5.74) is 1.86. The minimum Gasteiger partial charge on any atom is -0.493 e. The van der Waals surface area contributed by atoms with Gasteiger partial charge < -0.3 is 18.4 Å². The molecule has 0 spiro atoms. The molecule has 3 aromatic heterocycles. The summed E-state index contributed by atoms with van der Waals surface area (Å²) in [5, 5.41) is 4.15. The Balaban J connectivity index is 1.70. The van der Waals surface area contributed by atoms with Crippen LogP contribution in [0.25, 0.3) is 22.6 Å². The summed E-state index contributed by atoms with van der Waals surface area (Å²) in [7, 11) is 3.14. The van der Waals surface area contributed by atoms with Gasteiger partial charge in [0, 0.05) is 5.56 Å². The molecule has 0 atom stereocenters. The van der Waals surface area contributed by atoms with Crippen LogP contribution in [0.1, 0.15) is 17.1 Å². The van der Waals surface area contributed by atoms with Gasteiger partial charge in [-0.1, -0.05) is 5.16 Å². The van der Waals surface area contributed by atoms with Gasteiger partial charge in [-0.05, 0) is 32.0 Å². The van der Waals surface area contributed by atoms with Crippen molar-refractivity contribution in [1.29, 1.82) is 0 Å². The molecule has 0 aliphatic rings. The Morgan fingerprint density at radius 2 is 1.93 bits per heavy atom. The molecule has 28 heavy (non-hydrogen) atoms. The van der Waals surface area contributed by atoms with Crippen LogP contribution in [-0.2, 0) is 6.54 Å². The first-order chi connectivity index (χ1) is 13.5. The number of ether oxygens (including phenoxy) is 2. The number of hydrogen-bond donors (Lipinski definition) is 0. The van der Waals surface area contributed by atoms with Crippen LogP contribution in [0.3, 0.4) is 0 Å². The third-order valence-corrected chi connectivity index (χ3v) is 4.48. The lowest BCUT2D eigenvalue weighted by atomic mass is 10.2. The predicted molar refractivity (Wildman–Crippen MR) is 99.7 cm³/mol. The van der Waals surface area contributed by atoms with Crippen molar-refractivity contribution in [3.05, 3.63) is 52.0 Å². The van der Waals surface area contributed by atoms with Crippen molar-refractivity contribution in [3.63, 3.8) is 0 Å². The number of hydrogen-bond acceptors (Lipinski definition) is 8. The molecule has 0 N–H and O–H groups in total. The van der Waals surface area contributed by atoms with Gasteiger partial charge in [0.05, 0.1) is 26.5 Å². The SMILES string of the molecule is COc1ccc(-c2nc(Cn3cnc4onc(C)c4c3=O)c(C)o2)cc1OC. The Labute approximate surface area is 159 Å². The Hall–Kier alpha value is -3.62. The molecule has 3 heterocycles. The maximum atomic E-state index is 12.7. The highest BCUT2D eigenvalue weighted by Gasteiger charge is 2.17. The Bertz CT molecular complexity index is 1220. The van der Waals surface area contributed by atoms with Gasteiger partial charge in [0.25, 0.3) is 11.3 Å². The molecule has 9 heteroatoms. The maximum Gasteiger partial charge on any atom is 0.266 e. The van der Waals surface area contributed by atoms with E-state index in [4.69, 9.17) is 18.4 Å². The number of nitrogens with zero attached hydrogens (tertiary/aromatic N) is 4. The second kappa shape index (κ2) is 6.84. The van der Waals surface area contributed by atoms with Crippen molar-refractivity contribution in [3.8, 4) is 23.0 Å². The first-order valence-corrected chi connectivity index (χ1v) is 8.52. The zero-order valence-corrected chi connectivity index (χ0v) is 15.8. The number of benzene rings is 1. The molecule has 0 saturated carbocycles. The van der Waals surface area contributed by atoms with Gasteiger partial charge in [-0.15, -0.1) is 0 Å². The summed E-state index contributed by atoms with van der Waals surface area (Å²) in [6.07, 6.45) is 1.42. The number of oxazole rings is 1. The van der Waals surface area contributed by atoms with Crippen LogP contribution in [0, 0.1) is 13.8 Å². The van der Waals surface area contributed by atoms with Crippen molar-refractivity contribution in [2.24, 2.45) is 0 Å². The third kappa shape index (κ3) is 2.90. The maximum absolute atomic E-state index is 12.7. The Kier molecular flexibility index (Phi) is 4.34. The zero-order valence-electron chi connectivity index (χ0n) is 15.8. The molecule has 0 aliphatic heterocycles. The van der Waals surface area contributed by atoms with E-state index >= 15 is 0 Å². The standard InChI is InChI=1S/C19H18N4O5/c1-10-16-18(28-22-10)20-9-23(19(16)24)8-13-11(2)27-17(21-13)12-5-6-14(25-3)15(7-12)26-4/h5-7,9H,8H2,1-4H3. The molecule has 144 valence electrons. The predicted octanol–water partition coefficient (Wildman–Crippen LogP) is 2.72. The average molecular weight is 382 g/mol. The Morgan fingerprint density at radius 3 is 2.68 bits per heavy atom. The lowest BCUT2D eigenvalue weighted by Crippen LogP contribution is -2.21. The molecule has 0 bridgehead atoms. The van der Waals surface area contributed by atoms with Crippen LogP contribution < -0.4 is 15.0 Å². The van der Waals surface area contributed by atoms with Gasteiger partial charge in [0.2, 0.25) is 5.89 Å². The largest absolute Gasteiger partial charge is 0.493 e. The first-order valence-electron chi connectivity index (χ1n) is 8.52. The quantitative estimate of drug-likeness (QED) is 0.519. The number of methoxy groups -OCH3 is 2. The molecular weight excluding hydrogens is 364 g/mol. The van der Waals surface area contributed by atoms with E-state index in [0.717, 1.165) is 5.56 Å². The summed E-state index contributed by atoms with van der Waals surface area (Å²) in [6.45, 7) is 3.72. The number of aryl methyl sites for hydroxylation is 2. The minimum absolute atomic E-state index is 0.217. The van der Waals surface area contributed by atoms with E-state index in [9.17, 15) is 4.79 Å². The van der Waals surface area contributed by atoms with Crippen molar-refractivity contribution in [1.82, 2.24) is 19.7 Å². The van der Waals surface area contributed by atoms with Crippen LogP contribution in [0.2, 0.25) is 0 Å². The van der Waals surface area contributed by atoms with Gasteiger partial charge in [0.15, 0.2) is 11.5 Å². The highest BCUT2D eigenvalue weighted by atomic mass is 16.5. The number of fused-ring (bicyclic) bond motifs is 1. The molecular formula is C19H18N4O5. The van der Waals surface area contributed by atoms with Gasteiger partial charge in [-0.2, -0.15) is 0 Å². The van der Waals surface area contributed by atoms with E-state index in [1.807, 2.05) is 6.07 Å². The second-order valence-corrected chi connectivity index (χ2v) is 6.22. The fourth-order valence-electron chi connectivity index (χ4n) is 2.95. The normalized spacial score (nSPS) is 11.1. The third-order valence-electron chi connectivity index (χ3n) is 4.48. The first kappa shape index (κ1) is 17.8. The fourth-order valence-corrected chi connectivity index (χ4v) is 2.95. The van der Waals surface area contributed by atoms with E-state index in [-0.39, 0.29) is 17.8 Å². The molecule has 0 unspecified atom stereocenters. The number of rotatable bonds is 5. The topological polar surface area (TPSA) is 105 Å². The molecule has 0 fully saturated rings. The second-order valence-electron chi connectivity index (χ2n) is 6.22. The molecule has 0 aliphatic carbocycles. The summed E-state index contributed by atoms with van der Waals surface area (Å²) in [6, 6.07) is 5.40. The molecule has 0 radical (unpaired) electrons. The summed E-state index contributed by atoms with van der Waals surface area (Å²) in [4.78, 5) is 21.4. The summed E-state index contributed by atoms with van der Waals surface area (Å²) in [5.74, 6) is 2.23. The fraction of sp³-hybridized carbons (Fsp3) is 0.263. The summed E-state index contributed by atoms with van der Waals surface area (Å²) >= 11 is 0. The van der Waals surface area contributed by atoms with Crippen LogP contribution in [0.5, 0.6) is 11.5 Å². The van der Waals surface area contributed by atoms with E-state index in [1.165, 1.54) is 10.9 Å². The van der Waals surface area contributed by atoms with Gasteiger partial charge in [-0.3, -0.25) is 9.36 Å². The van der Waals surface area contributed by atoms with Gasteiger partial charge in [0.1, 0.15) is 23.2 Å². The van der Waals surface area contributed by atoms with Crippen LogP contribution in [0.15, 0.2) is 38.3 Å². The van der Waals surface area contributed by atoms with Crippen molar-refractivity contribution in [2.45, 2.75) is 20.4 Å². The zero-order chi connectivity index (χ0) is 19.8. The molecule has 4 rings (SSSR count). The van der Waals surface area contributed by atoms with E-state index in [0.29, 0.717) is 39.9 Å². The van der Waals surface area contributed by atoms with Gasteiger partial charge in [-0.25, -0.2) is 9.97 Å². The molecule has 9 nitrogen and oxygen atoms in total. The lowest BCUT2D eigenvalue weighted by molar-refractivity contribution is 0.355. The summed E-state index contributed by atoms with van der Waals surface area (Å²) < 4.78 is 22.9. The monoisotopic (exact) mass is 382 g/mol. The molecule has 0 amide bonds. The van der Waals surface area contributed by atoms with Crippen LogP contribution in [0.4, 0.5) is 0 Å². The molecule has 1 aromatic carbocycles. The highest BCUT2D eigenvalue weighted by molar-refractivity contribution is 5.73. The molecule has 4 aromatic rings. The minimum atomic E-state index is -0.237. The van der Waals surface area contributed by atoms with Crippen LogP contribution >= 0.6 is 0 Å². The van der Waals surface area contributed by atoms with Crippen molar-refractivity contribution in [2.75, 3.05) is 14.2 Å². The molecule has 0 saturated heterocycles. The van der Waals surface area contributed by atoms with E-state index < -0.39 is 0 Å². The van der Waals surface area contributed by atoms with Crippen molar-refractivity contribution >= 4 is 11.1 Å². The lowest BCUT2D eigenvalue weighted by Gasteiger charge is -2.07. The average Bonchev–Trinajstić information content (AvgIpc) is 3.26. The van der Waals surface area contributed by atoms with Crippen LogP contribution in [-0.4, -0.2) is 33.9 Å². The van der Waals surface area contributed by atoms with E-state index in [2.05, 4.69) is 15.1 Å². The Morgan fingerprint density at radius 1 is 1.14 bits per heavy atom. The van der Waals surface area contributed by atoms with E-state index in [1.54, 1.807) is 40.2 Å².